The van der Waals surface area contributed by atoms with Gasteiger partial charge in [0.1, 0.15) is 18.1 Å². The number of anilines is 1. The largest absolute Gasteiger partial charge is 0.467 e. The highest BCUT2D eigenvalue weighted by Crippen LogP contribution is 2.30. The van der Waals surface area contributed by atoms with Crippen molar-refractivity contribution in [2.75, 3.05) is 57.9 Å². The second-order valence-corrected chi connectivity index (χ2v) is 14.6. The fraction of sp³-hybridized carbons (Fsp3) is 0.425. The van der Waals surface area contributed by atoms with E-state index in [4.69, 9.17) is 19.0 Å². The van der Waals surface area contributed by atoms with Crippen molar-refractivity contribution >= 4 is 41.1 Å². The number of nitrogens with zero attached hydrogens (tertiary/aromatic N) is 8. The number of imide groups is 2. The van der Waals surface area contributed by atoms with Crippen LogP contribution in [0, 0.1) is 0 Å². The van der Waals surface area contributed by atoms with Crippen LogP contribution in [0.5, 0.6) is 0 Å². The lowest BCUT2D eigenvalue weighted by Gasteiger charge is -2.31. The topological polar surface area (TPSA) is 220 Å². The maximum absolute atomic E-state index is 13.1. The van der Waals surface area contributed by atoms with Gasteiger partial charge in [-0.1, -0.05) is 6.07 Å². The lowest BCUT2D eigenvalue weighted by Crippen LogP contribution is -2.54. The van der Waals surface area contributed by atoms with Crippen LogP contribution in [-0.4, -0.2) is 127 Å². The zero-order valence-electron chi connectivity index (χ0n) is 32.4. The number of ether oxygens (including phenoxy) is 2. The molecule has 19 nitrogen and oxygen atoms in total. The van der Waals surface area contributed by atoms with Crippen LogP contribution in [0.25, 0.3) is 16.8 Å². The third-order valence-electron chi connectivity index (χ3n) is 10.8. The van der Waals surface area contributed by atoms with E-state index in [0.29, 0.717) is 63.6 Å². The molecular weight excluding hydrogens is 763 g/mol. The van der Waals surface area contributed by atoms with Crippen LogP contribution in [0.15, 0.2) is 65.9 Å². The Morgan fingerprint density at radius 3 is 2.59 bits per heavy atom. The second-order valence-electron chi connectivity index (χ2n) is 14.6. The fourth-order valence-corrected chi connectivity index (χ4v) is 7.62. The summed E-state index contributed by atoms with van der Waals surface area (Å²) in [7, 11) is 0. The first-order valence-corrected chi connectivity index (χ1v) is 19.8. The van der Waals surface area contributed by atoms with Crippen molar-refractivity contribution in [2.24, 2.45) is 0 Å². The summed E-state index contributed by atoms with van der Waals surface area (Å²) in [6, 6.07) is 7.86. The molecule has 3 aliphatic rings. The van der Waals surface area contributed by atoms with Gasteiger partial charge in [-0.25, -0.2) is 4.98 Å². The van der Waals surface area contributed by atoms with Gasteiger partial charge < -0.3 is 29.4 Å². The molecule has 5 aromatic rings. The van der Waals surface area contributed by atoms with Crippen LogP contribution in [0.1, 0.15) is 70.2 Å². The van der Waals surface area contributed by atoms with Gasteiger partial charge in [-0.2, -0.15) is 5.10 Å². The summed E-state index contributed by atoms with van der Waals surface area (Å²) in [4.78, 5) is 70.2. The van der Waals surface area contributed by atoms with Gasteiger partial charge in [-0.05, 0) is 55.5 Å². The molecule has 0 aliphatic carbocycles. The molecule has 1 atom stereocenters. The number of carbonyl (C=O) groups excluding carboxylic acids is 5. The van der Waals surface area contributed by atoms with Crippen molar-refractivity contribution < 1.29 is 37.9 Å². The van der Waals surface area contributed by atoms with E-state index in [2.05, 4.69) is 42.2 Å². The van der Waals surface area contributed by atoms with Crippen molar-refractivity contribution in [2.45, 2.75) is 57.2 Å². The summed E-state index contributed by atoms with van der Waals surface area (Å²) in [6.07, 6.45) is 11.6. The van der Waals surface area contributed by atoms with Crippen molar-refractivity contribution in [3.63, 3.8) is 0 Å². The Labute approximate surface area is 338 Å². The van der Waals surface area contributed by atoms with E-state index < -0.39 is 29.7 Å². The van der Waals surface area contributed by atoms with Crippen LogP contribution in [0.4, 0.5) is 5.95 Å². The predicted octanol–water partition coefficient (Wildman–Crippen LogP) is 2.01. The van der Waals surface area contributed by atoms with Gasteiger partial charge in [-0.15, -0.1) is 10.2 Å². The molecular formula is C40H45N11O8. The van der Waals surface area contributed by atoms with Gasteiger partial charge in [0.05, 0.1) is 62.6 Å². The Balaban J connectivity index is 0.676. The molecule has 5 amide bonds. The number of piperidine rings is 2. The number of benzene rings is 1. The SMILES string of the molecule is O=C(CCc1ccc2c(c1)C(=O)N(C1CCC(=O)NC1=O)C2=O)NCCOCCOCCN1CCC(n2cc(-c3cnc(NCc4ccco4)n4cnnc34)cn2)CC1. The minimum absolute atomic E-state index is 0.0558. The number of likely N-dealkylation sites (tertiary alicyclic amines) is 1. The first-order valence-electron chi connectivity index (χ1n) is 19.8. The number of hydrogen-bond donors (Lipinski definition) is 3. The number of rotatable bonds is 18. The number of amides is 5. The molecule has 2 fully saturated rings. The van der Waals surface area contributed by atoms with Gasteiger partial charge in [0.2, 0.25) is 23.7 Å². The molecule has 7 heterocycles. The zero-order valence-corrected chi connectivity index (χ0v) is 32.4. The average Bonchev–Trinajstić information content (AvgIpc) is 4.08. The Morgan fingerprint density at radius 2 is 1.78 bits per heavy atom. The molecule has 2 saturated heterocycles. The number of carbonyl (C=O) groups is 5. The summed E-state index contributed by atoms with van der Waals surface area (Å²) < 4.78 is 20.7. The van der Waals surface area contributed by atoms with E-state index in [9.17, 15) is 24.0 Å². The molecule has 0 spiro atoms. The average molecular weight is 808 g/mol. The second kappa shape index (κ2) is 18.1. The van der Waals surface area contributed by atoms with Crippen LogP contribution < -0.4 is 16.0 Å². The summed E-state index contributed by atoms with van der Waals surface area (Å²) in [5.41, 5.74) is 3.60. The van der Waals surface area contributed by atoms with Crippen LogP contribution in [-0.2, 0) is 36.8 Å². The van der Waals surface area contributed by atoms with Crippen molar-refractivity contribution in [3.8, 4) is 11.1 Å². The van der Waals surface area contributed by atoms with E-state index in [-0.39, 0.29) is 36.3 Å². The molecule has 0 saturated carbocycles. The number of hydrogen-bond acceptors (Lipinski definition) is 14. The molecule has 4 aromatic heterocycles. The number of fused-ring (bicyclic) bond motifs is 2. The van der Waals surface area contributed by atoms with Crippen LogP contribution >= 0.6 is 0 Å². The first-order chi connectivity index (χ1) is 28.8. The molecule has 308 valence electrons. The molecule has 1 unspecified atom stereocenters. The highest BCUT2D eigenvalue weighted by atomic mass is 16.5. The van der Waals surface area contributed by atoms with Gasteiger partial charge in [0, 0.05) is 62.5 Å². The Kier molecular flexibility index (Phi) is 12.1. The van der Waals surface area contributed by atoms with E-state index in [1.165, 1.54) is 0 Å². The van der Waals surface area contributed by atoms with E-state index >= 15 is 0 Å². The normalized spacial score (nSPS) is 17.5. The molecule has 59 heavy (non-hydrogen) atoms. The maximum Gasteiger partial charge on any atom is 0.262 e. The summed E-state index contributed by atoms with van der Waals surface area (Å²) in [5, 5.41) is 21.4. The quantitative estimate of drug-likeness (QED) is 0.0853. The molecule has 0 bridgehead atoms. The van der Waals surface area contributed by atoms with E-state index in [1.54, 1.807) is 37.0 Å². The number of furan rings is 1. The zero-order chi connectivity index (χ0) is 40.7. The molecule has 19 heteroatoms. The third kappa shape index (κ3) is 9.06. The third-order valence-corrected chi connectivity index (χ3v) is 10.8. The van der Waals surface area contributed by atoms with Gasteiger partial charge >= 0.3 is 0 Å². The summed E-state index contributed by atoms with van der Waals surface area (Å²) in [6.45, 7) is 5.37. The molecule has 8 rings (SSSR count). The maximum atomic E-state index is 13.1. The predicted molar refractivity (Wildman–Crippen MR) is 209 cm³/mol. The summed E-state index contributed by atoms with van der Waals surface area (Å²) in [5.74, 6) is -0.952. The summed E-state index contributed by atoms with van der Waals surface area (Å²) >= 11 is 0. The smallest absolute Gasteiger partial charge is 0.262 e. The number of aryl methyl sites for hydroxylation is 1. The fourth-order valence-electron chi connectivity index (χ4n) is 7.62. The van der Waals surface area contributed by atoms with Crippen molar-refractivity contribution in [1.29, 1.82) is 0 Å². The van der Waals surface area contributed by atoms with Crippen LogP contribution in [0.2, 0.25) is 0 Å². The lowest BCUT2D eigenvalue weighted by molar-refractivity contribution is -0.136. The minimum atomic E-state index is -1.02. The Bertz CT molecular complexity index is 2310. The van der Waals surface area contributed by atoms with E-state index in [0.717, 1.165) is 59.8 Å². The van der Waals surface area contributed by atoms with Gasteiger partial charge in [0.25, 0.3) is 11.8 Å². The minimum Gasteiger partial charge on any atom is -0.467 e. The van der Waals surface area contributed by atoms with Crippen LogP contribution in [0.3, 0.4) is 0 Å². The number of aromatic nitrogens is 6. The standard InChI is InChI=1S/C40H45N11O8/c52-34(7-4-26-3-5-30-31(20-26)39(56)51(38(30)55)33-6-8-35(53)46-37(33)54)41-11-16-57-18-19-58-17-14-48-12-9-28(10-13-48)50-24-27(21-45-50)32-23-43-40(49-25-44-47-36(32)49)42-22-29-2-1-15-59-29/h1-3,5,15,20-21,23-25,28,33H,4,6-14,16-19,22H2,(H,41,52)(H,42,43)(H,46,53,54). The highest BCUT2D eigenvalue weighted by Gasteiger charge is 2.44. The molecule has 3 N–H and O–H groups in total. The van der Waals surface area contributed by atoms with Crippen molar-refractivity contribution in [1.82, 2.24) is 49.8 Å². The lowest BCUT2D eigenvalue weighted by atomic mass is 10.0. The van der Waals surface area contributed by atoms with Crippen molar-refractivity contribution in [3.05, 3.63) is 84.0 Å². The van der Waals surface area contributed by atoms with E-state index in [1.807, 2.05) is 27.4 Å². The first kappa shape index (κ1) is 39.5. The monoisotopic (exact) mass is 807 g/mol. The van der Waals surface area contributed by atoms with Gasteiger partial charge in [-0.3, -0.25) is 43.3 Å². The van der Waals surface area contributed by atoms with Gasteiger partial charge in [0.15, 0.2) is 5.65 Å². The molecule has 1 aromatic carbocycles. The Morgan fingerprint density at radius 1 is 0.949 bits per heavy atom. The number of nitrogens with one attached hydrogen (secondary N) is 3. The molecule has 3 aliphatic heterocycles. The molecule has 0 radical (unpaired) electrons. The Hall–Kier alpha value is -6.31. The highest BCUT2D eigenvalue weighted by molar-refractivity contribution is 6.23.